The molecule has 1 aliphatic heterocycles. The molecule has 7 nitrogen and oxygen atoms in total. The summed E-state index contributed by atoms with van der Waals surface area (Å²) in [6.45, 7) is 9.35. The second kappa shape index (κ2) is 10.4. The third kappa shape index (κ3) is 5.15. The number of ether oxygens (including phenoxy) is 3. The van der Waals surface area contributed by atoms with Crippen LogP contribution in [0.2, 0.25) is 0 Å². The maximum absolute atomic E-state index is 13.2. The van der Waals surface area contributed by atoms with Gasteiger partial charge >= 0.3 is 12.0 Å². The number of methoxy groups -OCH3 is 1. The van der Waals surface area contributed by atoms with Crippen LogP contribution in [0, 0.1) is 13.8 Å². The molecule has 0 aliphatic carbocycles. The molecular weight excluding hydrogens is 408 g/mol. The van der Waals surface area contributed by atoms with Crippen molar-refractivity contribution in [2.24, 2.45) is 0 Å². The monoisotopic (exact) mass is 440 g/mol. The summed E-state index contributed by atoms with van der Waals surface area (Å²) in [5.74, 6) is 0.913. The first-order valence-electron chi connectivity index (χ1n) is 11.0. The van der Waals surface area contributed by atoms with Gasteiger partial charge in [0.1, 0.15) is 0 Å². The third-order valence-electron chi connectivity index (χ3n) is 5.77. The molecule has 1 aliphatic rings. The first kappa shape index (κ1) is 23.4. The minimum atomic E-state index is -0.465. The van der Waals surface area contributed by atoms with Crippen LogP contribution >= 0.6 is 0 Å². The van der Waals surface area contributed by atoms with Crippen molar-refractivity contribution in [3.63, 3.8) is 0 Å². The molecule has 7 heteroatoms. The number of benzene rings is 2. The van der Waals surface area contributed by atoms with Crippen molar-refractivity contribution >= 4 is 17.7 Å². The summed E-state index contributed by atoms with van der Waals surface area (Å²) in [6.07, 6.45) is 0.712. The van der Waals surface area contributed by atoms with E-state index < -0.39 is 6.04 Å². The van der Waals surface area contributed by atoms with E-state index in [4.69, 9.17) is 14.2 Å². The minimum Gasteiger partial charge on any atom is -0.490 e. The SMILES string of the molecule is CCOc1cc2c(cc1OCC)[C@H](CC(=O)OC)N(C(=O)Nc1ccc(C)c(C)c1)CC2. The van der Waals surface area contributed by atoms with E-state index in [2.05, 4.69) is 5.32 Å². The van der Waals surface area contributed by atoms with Crippen molar-refractivity contribution in [1.29, 1.82) is 0 Å². The summed E-state index contributed by atoms with van der Waals surface area (Å²) in [4.78, 5) is 27.2. The van der Waals surface area contributed by atoms with Gasteiger partial charge in [0.05, 0.1) is 32.8 Å². The molecule has 0 aromatic heterocycles. The van der Waals surface area contributed by atoms with Gasteiger partial charge in [-0.25, -0.2) is 4.79 Å². The van der Waals surface area contributed by atoms with Gasteiger partial charge in [0.25, 0.3) is 0 Å². The van der Waals surface area contributed by atoms with Crippen LogP contribution in [0.4, 0.5) is 10.5 Å². The average molecular weight is 441 g/mol. The fourth-order valence-corrected chi connectivity index (χ4v) is 3.96. The van der Waals surface area contributed by atoms with Crippen LogP contribution < -0.4 is 14.8 Å². The lowest BCUT2D eigenvalue weighted by atomic mass is 9.90. The van der Waals surface area contributed by atoms with Gasteiger partial charge in [-0.05, 0) is 80.6 Å². The van der Waals surface area contributed by atoms with Crippen molar-refractivity contribution in [1.82, 2.24) is 4.90 Å². The van der Waals surface area contributed by atoms with Gasteiger partial charge in [-0.15, -0.1) is 0 Å². The van der Waals surface area contributed by atoms with Gasteiger partial charge in [0.2, 0.25) is 0 Å². The van der Waals surface area contributed by atoms with Crippen LogP contribution in [-0.2, 0) is 16.0 Å². The molecule has 0 radical (unpaired) electrons. The molecule has 172 valence electrons. The third-order valence-corrected chi connectivity index (χ3v) is 5.77. The van der Waals surface area contributed by atoms with Gasteiger partial charge in [-0.2, -0.15) is 0 Å². The van der Waals surface area contributed by atoms with Gasteiger partial charge in [-0.3, -0.25) is 4.79 Å². The van der Waals surface area contributed by atoms with Crippen LogP contribution in [0.15, 0.2) is 30.3 Å². The van der Waals surface area contributed by atoms with Crippen LogP contribution in [0.1, 0.15) is 48.6 Å². The Morgan fingerprint density at radius 1 is 1.03 bits per heavy atom. The average Bonchev–Trinajstić information content (AvgIpc) is 2.77. The normalized spacial score (nSPS) is 15.0. The lowest BCUT2D eigenvalue weighted by Crippen LogP contribution is -2.43. The number of amides is 2. The molecule has 0 saturated heterocycles. The van der Waals surface area contributed by atoms with Crippen LogP contribution in [-0.4, -0.2) is 43.8 Å². The highest BCUT2D eigenvalue weighted by atomic mass is 16.5. The van der Waals surface area contributed by atoms with Crippen molar-refractivity contribution in [2.75, 3.05) is 32.2 Å². The number of fused-ring (bicyclic) bond motifs is 1. The molecule has 32 heavy (non-hydrogen) atoms. The van der Waals surface area contributed by atoms with Crippen LogP contribution in [0.5, 0.6) is 11.5 Å². The molecule has 3 rings (SSSR count). The summed E-state index contributed by atoms with van der Waals surface area (Å²) in [5.41, 5.74) is 4.90. The van der Waals surface area contributed by atoms with Crippen molar-refractivity contribution in [3.05, 3.63) is 52.6 Å². The number of nitrogens with one attached hydrogen (secondary N) is 1. The van der Waals surface area contributed by atoms with Crippen molar-refractivity contribution in [2.45, 2.75) is 46.6 Å². The second-order valence-electron chi connectivity index (χ2n) is 7.83. The molecule has 1 N–H and O–H groups in total. The Kier molecular flexibility index (Phi) is 7.62. The summed E-state index contributed by atoms with van der Waals surface area (Å²) in [6, 6.07) is 8.95. The number of urea groups is 1. The number of esters is 1. The molecule has 0 saturated carbocycles. The highest BCUT2D eigenvalue weighted by molar-refractivity contribution is 5.90. The number of carbonyl (C=O) groups is 2. The van der Waals surface area contributed by atoms with Crippen LogP contribution in [0.25, 0.3) is 0 Å². The zero-order valence-corrected chi connectivity index (χ0v) is 19.5. The summed E-state index contributed by atoms with van der Waals surface area (Å²) in [7, 11) is 1.36. The number of aryl methyl sites for hydroxylation is 2. The molecule has 0 unspecified atom stereocenters. The number of rotatable bonds is 7. The fourth-order valence-electron chi connectivity index (χ4n) is 3.96. The molecular formula is C25H32N2O5. The molecule has 1 atom stereocenters. The number of anilines is 1. The molecule has 0 bridgehead atoms. The van der Waals surface area contributed by atoms with Gasteiger partial charge in [-0.1, -0.05) is 6.07 Å². The highest BCUT2D eigenvalue weighted by Crippen LogP contribution is 2.40. The quantitative estimate of drug-likeness (QED) is 0.626. The molecule has 0 fully saturated rings. The maximum atomic E-state index is 13.2. The smallest absolute Gasteiger partial charge is 0.322 e. The molecule has 1 heterocycles. The Labute approximate surface area is 189 Å². The van der Waals surface area contributed by atoms with E-state index in [0.29, 0.717) is 37.7 Å². The summed E-state index contributed by atoms with van der Waals surface area (Å²) < 4.78 is 16.5. The van der Waals surface area contributed by atoms with E-state index in [-0.39, 0.29) is 18.4 Å². The number of nitrogens with zero attached hydrogens (tertiary/aromatic N) is 1. The maximum Gasteiger partial charge on any atom is 0.322 e. The lowest BCUT2D eigenvalue weighted by molar-refractivity contribution is -0.141. The van der Waals surface area contributed by atoms with Crippen LogP contribution in [0.3, 0.4) is 0 Å². The topological polar surface area (TPSA) is 77.1 Å². The van der Waals surface area contributed by atoms with Crippen molar-refractivity contribution in [3.8, 4) is 11.5 Å². The number of hydrogen-bond donors (Lipinski definition) is 1. The van der Waals surface area contributed by atoms with Gasteiger partial charge in [0.15, 0.2) is 11.5 Å². The number of hydrogen-bond acceptors (Lipinski definition) is 5. The van der Waals surface area contributed by atoms with E-state index in [0.717, 1.165) is 27.9 Å². The predicted octanol–water partition coefficient (Wildman–Crippen LogP) is 4.80. The summed E-state index contributed by atoms with van der Waals surface area (Å²) in [5, 5.41) is 2.98. The Morgan fingerprint density at radius 2 is 1.72 bits per heavy atom. The Bertz CT molecular complexity index is 989. The van der Waals surface area contributed by atoms with E-state index in [1.165, 1.54) is 7.11 Å². The Balaban J connectivity index is 1.95. The van der Waals surface area contributed by atoms with E-state index in [9.17, 15) is 9.59 Å². The van der Waals surface area contributed by atoms with E-state index >= 15 is 0 Å². The zero-order chi connectivity index (χ0) is 23.3. The standard InChI is InChI=1S/C25H32N2O5/c1-6-31-22-13-18-10-11-27(25(29)26-19-9-8-16(3)17(4)12-19)21(15-24(28)30-5)20(18)14-23(22)32-7-2/h8-9,12-14,21H,6-7,10-11,15H2,1-5H3,(H,26,29)/t21-/m0/s1. The highest BCUT2D eigenvalue weighted by Gasteiger charge is 2.34. The minimum absolute atomic E-state index is 0.0589. The first-order valence-corrected chi connectivity index (χ1v) is 11.0. The van der Waals surface area contributed by atoms with E-state index in [1.54, 1.807) is 4.90 Å². The molecule has 2 aromatic rings. The lowest BCUT2D eigenvalue weighted by Gasteiger charge is -2.37. The number of carbonyl (C=O) groups excluding carboxylic acids is 2. The second-order valence-corrected chi connectivity index (χ2v) is 7.83. The zero-order valence-electron chi connectivity index (χ0n) is 19.5. The Morgan fingerprint density at radius 3 is 2.34 bits per heavy atom. The summed E-state index contributed by atoms with van der Waals surface area (Å²) >= 11 is 0. The van der Waals surface area contributed by atoms with Crippen molar-refractivity contribution < 1.29 is 23.8 Å². The van der Waals surface area contributed by atoms with E-state index in [1.807, 2.05) is 58.0 Å². The fraction of sp³-hybridized carbons (Fsp3) is 0.440. The molecule has 2 aromatic carbocycles. The van der Waals surface area contributed by atoms with Gasteiger partial charge in [0, 0.05) is 12.2 Å². The largest absolute Gasteiger partial charge is 0.490 e. The first-order chi connectivity index (χ1) is 15.4. The van der Waals surface area contributed by atoms with Gasteiger partial charge < -0.3 is 24.4 Å². The predicted molar refractivity (Wildman–Crippen MR) is 123 cm³/mol. The molecule has 2 amide bonds. The Hall–Kier alpha value is -3.22. The molecule has 0 spiro atoms.